The highest BCUT2D eigenvalue weighted by molar-refractivity contribution is 5.88. The minimum Gasteiger partial charge on any atom is -0.364 e. The molecule has 0 aliphatic carbocycles. The summed E-state index contributed by atoms with van der Waals surface area (Å²) in [7, 11) is 0. The molecular formula is C17H17N3O. The Hall–Kier alpha value is -2.62. The van der Waals surface area contributed by atoms with E-state index in [1.165, 1.54) is 12.5 Å². The van der Waals surface area contributed by atoms with E-state index in [2.05, 4.69) is 27.4 Å². The summed E-state index contributed by atoms with van der Waals surface area (Å²) in [6.45, 7) is 1.51. The van der Waals surface area contributed by atoms with Crippen molar-refractivity contribution >= 4 is 17.8 Å². The normalized spacial score (nSPS) is 17.9. The van der Waals surface area contributed by atoms with Gasteiger partial charge in [0.2, 0.25) is 5.91 Å². The maximum atomic E-state index is 11.1. The number of anilines is 1. The average Bonchev–Trinajstić information content (AvgIpc) is 3.14. The second kappa shape index (κ2) is 5.79. The molecule has 0 saturated heterocycles. The average molecular weight is 279 g/mol. The predicted molar refractivity (Wildman–Crippen MR) is 84.8 cm³/mol. The van der Waals surface area contributed by atoms with E-state index < -0.39 is 0 Å². The summed E-state index contributed by atoms with van der Waals surface area (Å²) in [5, 5.41) is 2.78. The number of amides is 1. The first-order chi connectivity index (χ1) is 10.2. The van der Waals surface area contributed by atoms with E-state index in [9.17, 15) is 4.79 Å². The number of hydrogen-bond acceptors (Lipinski definition) is 2. The molecule has 2 aromatic rings. The molecule has 2 heterocycles. The monoisotopic (exact) mass is 279 g/mol. The number of rotatable bonds is 4. The zero-order chi connectivity index (χ0) is 14.7. The van der Waals surface area contributed by atoms with Crippen LogP contribution >= 0.6 is 0 Å². The van der Waals surface area contributed by atoms with Crippen LogP contribution in [0.15, 0.2) is 59.7 Å². The minimum atomic E-state index is -0.0630. The van der Waals surface area contributed by atoms with Crippen LogP contribution in [-0.2, 0) is 4.79 Å². The lowest BCUT2D eigenvalue weighted by atomic mass is 9.89. The topological polar surface area (TPSA) is 57.2 Å². The molecule has 0 bridgehead atoms. The second-order valence-corrected chi connectivity index (χ2v) is 5.08. The van der Waals surface area contributed by atoms with Crippen LogP contribution in [0.2, 0.25) is 0 Å². The number of benzene rings is 1. The molecule has 0 saturated carbocycles. The number of nitrogens with zero attached hydrogens (tertiary/aromatic N) is 1. The number of hydrogen-bond donors (Lipinski definition) is 2. The minimum absolute atomic E-state index is 0.0630. The third-order valence-corrected chi connectivity index (χ3v) is 3.54. The summed E-state index contributed by atoms with van der Waals surface area (Å²) in [5.74, 6) is 0.0911. The molecule has 1 aliphatic rings. The lowest BCUT2D eigenvalue weighted by molar-refractivity contribution is -0.114. The predicted octanol–water partition coefficient (Wildman–Crippen LogP) is 3.11. The van der Waals surface area contributed by atoms with Gasteiger partial charge in [-0.25, -0.2) is 0 Å². The molecule has 2 N–H and O–H groups in total. The van der Waals surface area contributed by atoms with Crippen molar-refractivity contribution in [2.24, 2.45) is 4.99 Å². The van der Waals surface area contributed by atoms with Crippen molar-refractivity contribution in [3.8, 4) is 0 Å². The molecule has 0 fully saturated rings. The summed E-state index contributed by atoms with van der Waals surface area (Å²) >= 11 is 0. The van der Waals surface area contributed by atoms with Gasteiger partial charge in [0.1, 0.15) is 0 Å². The summed E-state index contributed by atoms with van der Waals surface area (Å²) in [4.78, 5) is 18.9. The molecule has 0 radical (unpaired) electrons. The lowest BCUT2D eigenvalue weighted by Gasteiger charge is -2.20. The Morgan fingerprint density at radius 3 is 2.67 bits per heavy atom. The molecule has 2 unspecified atom stereocenters. The highest BCUT2D eigenvalue weighted by Crippen LogP contribution is 2.31. The van der Waals surface area contributed by atoms with Gasteiger partial charge in [-0.2, -0.15) is 0 Å². The molecule has 1 amide bonds. The summed E-state index contributed by atoms with van der Waals surface area (Å²) in [6, 6.07) is 12.1. The Morgan fingerprint density at radius 2 is 2.10 bits per heavy atom. The molecule has 1 aliphatic heterocycles. The Kier molecular flexibility index (Phi) is 3.69. The third kappa shape index (κ3) is 2.94. The van der Waals surface area contributed by atoms with Gasteiger partial charge in [0.25, 0.3) is 0 Å². The Bertz CT molecular complexity index is 657. The molecule has 4 nitrogen and oxygen atoms in total. The number of aromatic nitrogens is 1. The van der Waals surface area contributed by atoms with Crippen molar-refractivity contribution in [1.82, 2.24) is 4.98 Å². The number of H-pyrrole nitrogens is 1. The van der Waals surface area contributed by atoms with Crippen LogP contribution in [0, 0.1) is 0 Å². The van der Waals surface area contributed by atoms with Crippen molar-refractivity contribution < 1.29 is 4.79 Å². The number of aliphatic imine (C=N–C) groups is 1. The van der Waals surface area contributed by atoms with Gasteiger partial charge in [0.15, 0.2) is 0 Å². The van der Waals surface area contributed by atoms with Crippen molar-refractivity contribution in [3.63, 3.8) is 0 Å². The van der Waals surface area contributed by atoms with Crippen molar-refractivity contribution in [2.75, 3.05) is 5.32 Å². The van der Waals surface area contributed by atoms with Gasteiger partial charge >= 0.3 is 0 Å². The van der Waals surface area contributed by atoms with Crippen LogP contribution in [0.3, 0.4) is 0 Å². The van der Waals surface area contributed by atoms with E-state index in [4.69, 9.17) is 0 Å². The van der Waals surface area contributed by atoms with Gasteiger partial charge < -0.3 is 10.3 Å². The molecule has 21 heavy (non-hydrogen) atoms. The van der Waals surface area contributed by atoms with E-state index >= 15 is 0 Å². The fourth-order valence-corrected chi connectivity index (χ4v) is 2.63. The number of aromatic amines is 1. The fraction of sp³-hybridized carbons (Fsp3) is 0.176. The zero-order valence-corrected chi connectivity index (χ0v) is 11.8. The van der Waals surface area contributed by atoms with Gasteiger partial charge in [-0.1, -0.05) is 18.2 Å². The zero-order valence-electron chi connectivity index (χ0n) is 11.8. The van der Waals surface area contributed by atoms with Gasteiger partial charge in [-0.05, 0) is 35.9 Å². The number of allylic oxidation sites excluding steroid dienone is 1. The highest BCUT2D eigenvalue weighted by atomic mass is 16.1. The van der Waals surface area contributed by atoms with E-state index in [1.807, 2.05) is 48.8 Å². The number of nitrogens with one attached hydrogen (secondary N) is 2. The highest BCUT2D eigenvalue weighted by Gasteiger charge is 2.24. The SMILES string of the molecule is CC(=O)Nc1ccc(C(c2ccc[nH]2)C2C=CC=N2)cc1. The van der Waals surface area contributed by atoms with Gasteiger partial charge in [-0.3, -0.25) is 9.79 Å². The van der Waals surface area contributed by atoms with Crippen LogP contribution in [0.25, 0.3) is 0 Å². The Morgan fingerprint density at radius 1 is 1.29 bits per heavy atom. The first kappa shape index (κ1) is 13.4. The van der Waals surface area contributed by atoms with Gasteiger partial charge in [0, 0.05) is 30.7 Å². The largest absolute Gasteiger partial charge is 0.364 e. The molecule has 3 rings (SSSR count). The second-order valence-electron chi connectivity index (χ2n) is 5.08. The molecule has 0 spiro atoms. The Labute approximate surface area is 123 Å². The smallest absolute Gasteiger partial charge is 0.221 e. The third-order valence-electron chi connectivity index (χ3n) is 3.54. The molecular weight excluding hydrogens is 262 g/mol. The molecule has 1 aromatic carbocycles. The summed E-state index contributed by atoms with van der Waals surface area (Å²) in [6.07, 6.45) is 7.85. The molecule has 106 valence electrons. The summed E-state index contributed by atoms with van der Waals surface area (Å²) < 4.78 is 0. The first-order valence-electron chi connectivity index (χ1n) is 6.95. The van der Waals surface area contributed by atoms with E-state index in [1.54, 1.807) is 0 Å². The van der Waals surface area contributed by atoms with Crippen molar-refractivity contribution in [1.29, 1.82) is 0 Å². The van der Waals surface area contributed by atoms with E-state index in [0.717, 1.165) is 11.4 Å². The lowest BCUT2D eigenvalue weighted by Crippen LogP contribution is -2.15. The standard InChI is InChI=1S/C17H17N3O/c1-12(21)20-14-8-6-13(7-9-14)17(15-4-2-10-18-15)16-5-3-11-19-16/h2-11,15,17,19H,1H3,(H,20,21). The van der Waals surface area contributed by atoms with Crippen molar-refractivity contribution in [3.05, 3.63) is 66.0 Å². The number of carbonyl (C=O) groups excluding carboxylic acids is 1. The van der Waals surface area contributed by atoms with Crippen LogP contribution in [0.4, 0.5) is 5.69 Å². The maximum Gasteiger partial charge on any atom is 0.221 e. The van der Waals surface area contributed by atoms with E-state index in [-0.39, 0.29) is 17.9 Å². The van der Waals surface area contributed by atoms with Crippen LogP contribution in [0.1, 0.15) is 24.1 Å². The van der Waals surface area contributed by atoms with Gasteiger partial charge in [0.05, 0.1) is 12.0 Å². The maximum absolute atomic E-state index is 11.1. The van der Waals surface area contributed by atoms with Crippen LogP contribution < -0.4 is 5.32 Å². The molecule has 1 aromatic heterocycles. The van der Waals surface area contributed by atoms with Gasteiger partial charge in [-0.15, -0.1) is 0 Å². The van der Waals surface area contributed by atoms with Crippen LogP contribution in [-0.4, -0.2) is 23.1 Å². The Balaban J connectivity index is 1.91. The van der Waals surface area contributed by atoms with Crippen LogP contribution in [0.5, 0.6) is 0 Å². The van der Waals surface area contributed by atoms with Crippen molar-refractivity contribution in [2.45, 2.75) is 18.9 Å². The number of carbonyl (C=O) groups is 1. The molecule has 2 atom stereocenters. The quantitative estimate of drug-likeness (QED) is 0.887. The fourth-order valence-electron chi connectivity index (χ4n) is 2.63. The molecule has 4 heteroatoms. The summed E-state index contributed by atoms with van der Waals surface area (Å²) in [5.41, 5.74) is 3.11. The first-order valence-corrected chi connectivity index (χ1v) is 6.95. The van der Waals surface area contributed by atoms with E-state index in [0.29, 0.717) is 0 Å².